The van der Waals surface area contributed by atoms with Gasteiger partial charge in [0.05, 0.1) is 16.6 Å². The van der Waals surface area contributed by atoms with E-state index < -0.39 is 5.82 Å². The highest BCUT2D eigenvalue weighted by atomic mass is 79.9. The summed E-state index contributed by atoms with van der Waals surface area (Å²) in [5, 5.41) is 3.89. The first-order chi connectivity index (χ1) is 15.0. The zero-order valence-electron chi connectivity index (χ0n) is 17.6. The van der Waals surface area contributed by atoms with Crippen molar-refractivity contribution in [1.82, 2.24) is 5.32 Å². The van der Waals surface area contributed by atoms with Crippen molar-refractivity contribution in [2.45, 2.75) is 39.0 Å². The Labute approximate surface area is 196 Å². The van der Waals surface area contributed by atoms with Crippen LogP contribution in [0.25, 0.3) is 0 Å². The predicted octanol–water partition coefficient (Wildman–Crippen LogP) is 6.94. The van der Waals surface area contributed by atoms with Crippen molar-refractivity contribution in [2.24, 2.45) is 0 Å². The van der Waals surface area contributed by atoms with E-state index in [-0.39, 0.29) is 6.61 Å². The molecule has 0 aliphatic rings. The Balaban J connectivity index is 1.61. The van der Waals surface area contributed by atoms with Gasteiger partial charge < -0.3 is 14.8 Å². The number of ether oxygens (including phenoxy) is 2. The van der Waals surface area contributed by atoms with Crippen molar-refractivity contribution in [3.8, 4) is 11.5 Å². The van der Waals surface area contributed by atoms with Gasteiger partial charge in [-0.1, -0.05) is 48.0 Å². The Morgan fingerprint density at radius 3 is 2.55 bits per heavy atom. The van der Waals surface area contributed by atoms with E-state index >= 15 is 0 Å². The summed E-state index contributed by atoms with van der Waals surface area (Å²) >= 11 is 9.66. The lowest BCUT2D eigenvalue weighted by molar-refractivity contribution is 0.277. The Bertz CT molecular complexity index is 980. The molecule has 0 amide bonds. The van der Waals surface area contributed by atoms with Crippen LogP contribution in [0, 0.1) is 5.82 Å². The fourth-order valence-electron chi connectivity index (χ4n) is 3.25. The molecule has 0 saturated carbocycles. The van der Waals surface area contributed by atoms with Gasteiger partial charge in [0.15, 0.2) is 11.5 Å². The molecule has 3 aromatic rings. The lowest BCUT2D eigenvalue weighted by atomic mass is 10.1. The van der Waals surface area contributed by atoms with Crippen molar-refractivity contribution in [3.63, 3.8) is 0 Å². The van der Waals surface area contributed by atoms with Gasteiger partial charge in [0.1, 0.15) is 12.4 Å². The van der Waals surface area contributed by atoms with Crippen LogP contribution in [0.2, 0.25) is 5.02 Å². The minimum Gasteiger partial charge on any atom is -0.493 e. The molecule has 0 aromatic heterocycles. The first kappa shape index (κ1) is 23.6. The van der Waals surface area contributed by atoms with Crippen molar-refractivity contribution < 1.29 is 13.9 Å². The van der Waals surface area contributed by atoms with E-state index in [1.54, 1.807) is 19.2 Å². The molecular formula is C25H26BrClFNO2. The molecule has 1 N–H and O–H groups in total. The first-order valence-corrected chi connectivity index (χ1v) is 11.3. The van der Waals surface area contributed by atoms with Crippen LogP contribution >= 0.6 is 27.5 Å². The third kappa shape index (κ3) is 6.70. The SMILES string of the molecule is COc1cc(CNC(C)CCc2ccccc2)cc(Br)c1OCc1c(F)cccc1Cl. The molecule has 0 fully saturated rings. The van der Waals surface area contributed by atoms with Crippen LogP contribution in [0.1, 0.15) is 30.0 Å². The van der Waals surface area contributed by atoms with Gasteiger partial charge in [-0.3, -0.25) is 0 Å². The van der Waals surface area contributed by atoms with Crippen LogP contribution in [-0.4, -0.2) is 13.2 Å². The predicted molar refractivity (Wildman–Crippen MR) is 128 cm³/mol. The number of benzene rings is 3. The van der Waals surface area contributed by atoms with Crippen LogP contribution in [0.3, 0.4) is 0 Å². The third-order valence-electron chi connectivity index (χ3n) is 5.08. The zero-order chi connectivity index (χ0) is 22.2. The van der Waals surface area contributed by atoms with Crippen LogP contribution in [0.4, 0.5) is 4.39 Å². The summed E-state index contributed by atoms with van der Waals surface area (Å²) in [4.78, 5) is 0. The second-order valence-electron chi connectivity index (χ2n) is 7.40. The lowest BCUT2D eigenvalue weighted by Crippen LogP contribution is -2.26. The molecule has 0 aliphatic heterocycles. The van der Waals surface area contributed by atoms with Gasteiger partial charge in [-0.05, 0) is 71.1 Å². The molecule has 3 nitrogen and oxygen atoms in total. The number of nitrogens with one attached hydrogen (secondary N) is 1. The number of halogens is 3. The smallest absolute Gasteiger partial charge is 0.175 e. The van der Waals surface area contributed by atoms with Crippen LogP contribution in [-0.2, 0) is 19.6 Å². The summed E-state index contributed by atoms with van der Waals surface area (Å²) in [6.07, 6.45) is 2.08. The van der Waals surface area contributed by atoms with Crippen LogP contribution in [0.15, 0.2) is 65.1 Å². The molecule has 1 unspecified atom stereocenters. The minimum atomic E-state index is -0.395. The number of methoxy groups -OCH3 is 1. The van der Waals surface area contributed by atoms with E-state index in [1.807, 2.05) is 18.2 Å². The standard InChI is InChI=1S/C25H26BrClFNO2/c1-17(11-12-18-7-4-3-5-8-18)29-15-19-13-21(26)25(24(14-19)30-2)31-16-20-22(27)9-6-10-23(20)28/h3-10,13-14,17,29H,11-12,15-16H2,1-2H3. The summed E-state index contributed by atoms with van der Waals surface area (Å²) in [5.41, 5.74) is 2.72. The highest BCUT2D eigenvalue weighted by Gasteiger charge is 2.15. The van der Waals surface area contributed by atoms with Crippen molar-refractivity contribution in [2.75, 3.05) is 7.11 Å². The fraction of sp³-hybridized carbons (Fsp3) is 0.280. The van der Waals surface area contributed by atoms with Gasteiger partial charge in [0, 0.05) is 18.2 Å². The first-order valence-electron chi connectivity index (χ1n) is 10.2. The average molecular weight is 507 g/mol. The van der Waals surface area contributed by atoms with Crippen molar-refractivity contribution in [3.05, 3.63) is 92.7 Å². The zero-order valence-corrected chi connectivity index (χ0v) is 20.0. The second kappa shape index (κ2) is 11.5. The van der Waals surface area contributed by atoms with Gasteiger partial charge in [-0.15, -0.1) is 0 Å². The molecule has 0 heterocycles. The van der Waals surface area contributed by atoms with Gasteiger partial charge in [-0.25, -0.2) is 4.39 Å². The molecule has 0 radical (unpaired) electrons. The van der Waals surface area contributed by atoms with Gasteiger partial charge in [0.2, 0.25) is 0 Å². The van der Waals surface area contributed by atoms with Crippen LogP contribution < -0.4 is 14.8 Å². The third-order valence-corrected chi connectivity index (χ3v) is 6.02. The maximum Gasteiger partial charge on any atom is 0.175 e. The van der Waals surface area contributed by atoms with E-state index in [4.69, 9.17) is 21.1 Å². The topological polar surface area (TPSA) is 30.5 Å². The Morgan fingerprint density at radius 1 is 1.06 bits per heavy atom. The highest BCUT2D eigenvalue weighted by Crippen LogP contribution is 2.37. The molecule has 0 aliphatic carbocycles. The Hall–Kier alpha value is -2.08. The molecule has 31 heavy (non-hydrogen) atoms. The fourth-order valence-corrected chi connectivity index (χ4v) is 4.07. The minimum absolute atomic E-state index is 0.00852. The average Bonchev–Trinajstić information content (AvgIpc) is 2.77. The van der Waals surface area contributed by atoms with Gasteiger partial charge in [-0.2, -0.15) is 0 Å². The molecule has 164 valence electrons. The van der Waals surface area contributed by atoms with E-state index in [0.717, 1.165) is 22.9 Å². The lowest BCUT2D eigenvalue weighted by Gasteiger charge is -2.17. The number of hydrogen-bond acceptors (Lipinski definition) is 3. The summed E-state index contributed by atoms with van der Waals surface area (Å²) in [6.45, 7) is 2.89. The normalized spacial score (nSPS) is 11.9. The Kier molecular flexibility index (Phi) is 8.76. The van der Waals surface area contributed by atoms with Crippen LogP contribution in [0.5, 0.6) is 11.5 Å². The quantitative estimate of drug-likeness (QED) is 0.323. The largest absolute Gasteiger partial charge is 0.493 e. The molecule has 0 spiro atoms. The summed E-state index contributed by atoms with van der Waals surface area (Å²) in [7, 11) is 1.59. The van der Waals surface area contributed by atoms with E-state index in [2.05, 4.69) is 52.4 Å². The summed E-state index contributed by atoms with van der Waals surface area (Å²) < 4.78 is 26.2. The van der Waals surface area contributed by atoms with Crippen molar-refractivity contribution in [1.29, 1.82) is 0 Å². The molecule has 0 bridgehead atoms. The van der Waals surface area contributed by atoms with E-state index in [9.17, 15) is 4.39 Å². The van der Waals surface area contributed by atoms with E-state index in [1.165, 1.54) is 11.6 Å². The summed E-state index contributed by atoms with van der Waals surface area (Å²) in [6, 6.07) is 19.3. The second-order valence-corrected chi connectivity index (χ2v) is 8.67. The molecule has 3 aromatic carbocycles. The highest BCUT2D eigenvalue weighted by molar-refractivity contribution is 9.10. The molecular weight excluding hydrogens is 481 g/mol. The van der Waals surface area contributed by atoms with Gasteiger partial charge >= 0.3 is 0 Å². The number of aryl methyl sites for hydroxylation is 1. The molecule has 6 heteroatoms. The van der Waals surface area contributed by atoms with Gasteiger partial charge in [0.25, 0.3) is 0 Å². The monoisotopic (exact) mass is 505 g/mol. The van der Waals surface area contributed by atoms with E-state index in [0.29, 0.717) is 34.7 Å². The molecule has 0 saturated heterocycles. The Morgan fingerprint density at radius 2 is 1.84 bits per heavy atom. The number of rotatable bonds is 10. The maximum absolute atomic E-state index is 14.0. The van der Waals surface area contributed by atoms with Crippen molar-refractivity contribution >= 4 is 27.5 Å². The summed E-state index contributed by atoms with van der Waals surface area (Å²) in [5.74, 6) is 0.700. The molecule has 3 rings (SSSR count). The maximum atomic E-state index is 14.0. The number of hydrogen-bond donors (Lipinski definition) is 1. The molecule has 1 atom stereocenters.